The Balaban J connectivity index is 2.43. The number of benzene rings is 1. The second-order valence-corrected chi connectivity index (χ2v) is 4.99. The lowest BCUT2D eigenvalue weighted by atomic mass is 9.76. The van der Waals surface area contributed by atoms with E-state index >= 15 is 0 Å². The molecular formula is C12H16BrN. The smallest absolute Gasteiger partial charge is 0.0212 e. The van der Waals surface area contributed by atoms with E-state index in [0.717, 1.165) is 6.54 Å². The van der Waals surface area contributed by atoms with Gasteiger partial charge in [0.15, 0.2) is 0 Å². The molecule has 76 valence electrons. The summed E-state index contributed by atoms with van der Waals surface area (Å²) < 4.78 is 1.25. The van der Waals surface area contributed by atoms with E-state index in [1.807, 2.05) is 0 Å². The molecule has 1 nitrogen and oxygen atoms in total. The Bertz CT molecular complexity index is 335. The molecular weight excluding hydrogens is 238 g/mol. The van der Waals surface area contributed by atoms with Crippen LogP contribution in [0.2, 0.25) is 0 Å². The summed E-state index contributed by atoms with van der Waals surface area (Å²) in [4.78, 5) is 0. The highest BCUT2D eigenvalue weighted by Crippen LogP contribution is 2.39. The van der Waals surface area contributed by atoms with E-state index in [9.17, 15) is 0 Å². The average Bonchev–Trinajstić information content (AvgIpc) is 2.18. The van der Waals surface area contributed by atoms with Gasteiger partial charge >= 0.3 is 0 Å². The maximum atomic E-state index is 5.79. The Labute approximate surface area is 93.8 Å². The lowest BCUT2D eigenvalue weighted by molar-refractivity contribution is 0.399. The molecule has 0 radical (unpaired) electrons. The topological polar surface area (TPSA) is 26.0 Å². The van der Waals surface area contributed by atoms with E-state index in [1.54, 1.807) is 0 Å². The molecule has 2 rings (SSSR count). The number of aryl methyl sites for hydroxylation is 1. The second-order valence-electron chi connectivity index (χ2n) is 4.14. The molecule has 0 aromatic heterocycles. The Morgan fingerprint density at radius 1 is 1.50 bits per heavy atom. The first-order valence-corrected chi connectivity index (χ1v) is 6.00. The normalized spacial score (nSPS) is 25.9. The van der Waals surface area contributed by atoms with Crippen molar-refractivity contribution in [1.29, 1.82) is 0 Å². The van der Waals surface area contributed by atoms with Crippen molar-refractivity contribution in [3.63, 3.8) is 0 Å². The summed E-state index contributed by atoms with van der Waals surface area (Å²) in [6, 6.07) is 6.50. The number of fused-ring (bicyclic) bond motifs is 1. The van der Waals surface area contributed by atoms with Gasteiger partial charge in [-0.2, -0.15) is 0 Å². The Morgan fingerprint density at radius 2 is 2.29 bits per heavy atom. The van der Waals surface area contributed by atoms with Crippen molar-refractivity contribution in [1.82, 2.24) is 0 Å². The molecule has 0 heterocycles. The van der Waals surface area contributed by atoms with Crippen molar-refractivity contribution in [2.75, 3.05) is 6.54 Å². The third-order valence-corrected chi connectivity index (χ3v) is 4.08. The van der Waals surface area contributed by atoms with E-state index in [-0.39, 0.29) is 0 Å². The highest BCUT2D eigenvalue weighted by molar-refractivity contribution is 9.10. The first-order chi connectivity index (χ1) is 6.74. The molecule has 1 aromatic carbocycles. The van der Waals surface area contributed by atoms with Gasteiger partial charge in [0.05, 0.1) is 0 Å². The molecule has 0 saturated heterocycles. The molecule has 0 spiro atoms. The molecule has 1 aliphatic rings. The molecule has 2 unspecified atom stereocenters. The summed E-state index contributed by atoms with van der Waals surface area (Å²) in [6.07, 6.45) is 2.42. The fraction of sp³-hybridized carbons (Fsp3) is 0.500. The highest BCUT2D eigenvalue weighted by Gasteiger charge is 2.26. The number of rotatable bonds is 1. The third-order valence-electron chi connectivity index (χ3n) is 3.39. The number of hydrogen-bond acceptors (Lipinski definition) is 1. The molecule has 2 N–H and O–H groups in total. The summed E-state index contributed by atoms with van der Waals surface area (Å²) in [5.41, 5.74) is 8.76. The van der Waals surface area contributed by atoms with Crippen molar-refractivity contribution < 1.29 is 0 Å². The summed E-state index contributed by atoms with van der Waals surface area (Å²) in [7, 11) is 0. The Morgan fingerprint density at radius 3 is 3.00 bits per heavy atom. The SMILES string of the molecule is CC1c2c(Br)cccc2CCC1CN. The summed E-state index contributed by atoms with van der Waals surface area (Å²) in [5.74, 6) is 1.25. The lowest BCUT2D eigenvalue weighted by Gasteiger charge is -2.31. The first kappa shape index (κ1) is 10.2. The molecule has 14 heavy (non-hydrogen) atoms. The van der Waals surface area contributed by atoms with Gasteiger partial charge in [-0.1, -0.05) is 35.0 Å². The molecule has 1 aromatic rings. The molecule has 0 bridgehead atoms. The van der Waals surface area contributed by atoms with Crippen molar-refractivity contribution in [2.45, 2.75) is 25.7 Å². The van der Waals surface area contributed by atoms with Gasteiger partial charge in [-0.05, 0) is 48.4 Å². The third kappa shape index (κ3) is 1.61. The number of hydrogen-bond donors (Lipinski definition) is 1. The zero-order chi connectivity index (χ0) is 10.1. The van der Waals surface area contributed by atoms with E-state index in [2.05, 4.69) is 41.1 Å². The van der Waals surface area contributed by atoms with E-state index in [1.165, 1.54) is 28.4 Å². The molecule has 1 aliphatic carbocycles. The van der Waals surface area contributed by atoms with Crippen LogP contribution >= 0.6 is 15.9 Å². The van der Waals surface area contributed by atoms with Gasteiger partial charge in [0.2, 0.25) is 0 Å². The second kappa shape index (κ2) is 4.03. The fourth-order valence-corrected chi connectivity index (χ4v) is 3.23. The molecule has 0 saturated carbocycles. The van der Waals surface area contributed by atoms with Gasteiger partial charge in [-0.3, -0.25) is 0 Å². The minimum atomic E-state index is 0.597. The lowest BCUT2D eigenvalue weighted by Crippen LogP contribution is -2.25. The van der Waals surface area contributed by atoms with E-state index in [0.29, 0.717) is 11.8 Å². The van der Waals surface area contributed by atoms with Crippen LogP contribution in [0.25, 0.3) is 0 Å². The number of nitrogens with two attached hydrogens (primary N) is 1. The van der Waals surface area contributed by atoms with Crippen LogP contribution in [0.3, 0.4) is 0 Å². The minimum Gasteiger partial charge on any atom is -0.330 e. The molecule has 0 aliphatic heterocycles. The summed E-state index contributed by atoms with van der Waals surface area (Å²) >= 11 is 3.64. The van der Waals surface area contributed by atoms with Gasteiger partial charge in [-0.15, -0.1) is 0 Å². The van der Waals surface area contributed by atoms with Crippen LogP contribution in [0.15, 0.2) is 22.7 Å². The van der Waals surface area contributed by atoms with Crippen molar-refractivity contribution in [2.24, 2.45) is 11.7 Å². The fourth-order valence-electron chi connectivity index (χ4n) is 2.46. The van der Waals surface area contributed by atoms with Crippen molar-refractivity contribution >= 4 is 15.9 Å². The average molecular weight is 254 g/mol. The predicted octanol–water partition coefficient (Wildman–Crippen LogP) is 3.07. The summed E-state index contributed by atoms with van der Waals surface area (Å²) in [6.45, 7) is 3.10. The van der Waals surface area contributed by atoms with Gasteiger partial charge in [0, 0.05) is 4.47 Å². The van der Waals surface area contributed by atoms with Crippen molar-refractivity contribution in [3.8, 4) is 0 Å². The maximum Gasteiger partial charge on any atom is 0.0212 e. The van der Waals surface area contributed by atoms with Crippen LogP contribution in [0, 0.1) is 5.92 Å². The standard InChI is InChI=1S/C12H16BrN/c1-8-10(7-14)6-5-9-3-2-4-11(13)12(8)9/h2-4,8,10H,5-7,14H2,1H3. The number of halogens is 1. The minimum absolute atomic E-state index is 0.597. The van der Waals surface area contributed by atoms with Gasteiger partial charge in [0.1, 0.15) is 0 Å². The molecule has 2 heteroatoms. The quantitative estimate of drug-likeness (QED) is 0.818. The first-order valence-electron chi connectivity index (χ1n) is 5.21. The van der Waals surface area contributed by atoms with Gasteiger partial charge in [-0.25, -0.2) is 0 Å². The van der Waals surface area contributed by atoms with E-state index < -0.39 is 0 Å². The van der Waals surface area contributed by atoms with Crippen LogP contribution in [0.1, 0.15) is 30.4 Å². The van der Waals surface area contributed by atoms with Crippen molar-refractivity contribution in [3.05, 3.63) is 33.8 Å². The Kier molecular flexibility index (Phi) is 2.93. The predicted molar refractivity (Wildman–Crippen MR) is 63.4 cm³/mol. The van der Waals surface area contributed by atoms with Crippen LogP contribution in [0.4, 0.5) is 0 Å². The zero-order valence-electron chi connectivity index (χ0n) is 8.46. The monoisotopic (exact) mass is 253 g/mol. The van der Waals surface area contributed by atoms with Crippen LogP contribution < -0.4 is 5.73 Å². The van der Waals surface area contributed by atoms with Crippen LogP contribution in [0.5, 0.6) is 0 Å². The molecule has 2 atom stereocenters. The van der Waals surface area contributed by atoms with E-state index in [4.69, 9.17) is 5.73 Å². The molecule has 0 fully saturated rings. The highest BCUT2D eigenvalue weighted by atomic mass is 79.9. The Hall–Kier alpha value is -0.340. The largest absolute Gasteiger partial charge is 0.330 e. The van der Waals surface area contributed by atoms with Gasteiger partial charge < -0.3 is 5.73 Å². The van der Waals surface area contributed by atoms with Crippen LogP contribution in [-0.2, 0) is 6.42 Å². The molecule has 0 amide bonds. The van der Waals surface area contributed by atoms with Crippen LogP contribution in [-0.4, -0.2) is 6.54 Å². The van der Waals surface area contributed by atoms with Gasteiger partial charge in [0.25, 0.3) is 0 Å². The summed E-state index contributed by atoms with van der Waals surface area (Å²) in [5, 5.41) is 0. The maximum absolute atomic E-state index is 5.79. The zero-order valence-corrected chi connectivity index (χ0v) is 10.0.